The quantitative estimate of drug-likeness (QED) is 0.310. The Bertz CT molecular complexity index is 1520. The number of hydrogen-bond donors (Lipinski definition) is 0. The van der Waals surface area contributed by atoms with Gasteiger partial charge in [-0.3, -0.25) is 14.4 Å². The molecule has 0 atom stereocenters. The second-order valence-corrected chi connectivity index (χ2v) is 12.7. The number of aryl methyl sites for hydroxylation is 3. The summed E-state index contributed by atoms with van der Waals surface area (Å²) >= 11 is 7.69. The van der Waals surface area contributed by atoms with Crippen LogP contribution in [0.5, 0.6) is 0 Å². The van der Waals surface area contributed by atoms with Crippen LogP contribution < -0.4 is 4.90 Å². The zero-order valence-corrected chi connectivity index (χ0v) is 22.6. The van der Waals surface area contributed by atoms with Crippen LogP contribution in [0.3, 0.4) is 0 Å². The van der Waals surface area contributed by atoms with Crippen molar-refractivity contribution in [3.05, 3.63) is 70.0 Å². The first-order chi connectivity index (χ1) is 16.5. The molecule has 184 valence electrons. The molecule has 10 heteroatoms. The van der Waals surface area contributed by atoms with Gasteiger partial charge < -0.3 is 0 Å². The molecule has 0 fully saturated rings. The van der Waals surface area contributed by atoms with E-state index in [1.165, 1.54) is 23.5 Å². The van der Waals surface area contributed by atoms with E-state index in [1.807, 2.05) is 43.7 Å². The van der Waals surface area contributed by atoms with Crippen molar-refractivity contribution in [2.75, 3.05) is 11.4 Å². The molecule has 0 unspecified atom stereocenters. The second kappa shape index (κ2) is 9.72. The number of sulfone groups is 1. The highest BCUT2D eigenvalue weighted by atomic mass is 35.5. The van der Waals surface area contributed by atoms with E-state index in [2.05, 4.69) is 5.10 Å². The number of fused-ring (bicyclic) bond motifs is 1. The smallest absolute Gasteiger partial charge is 0.260 e. The molecule has 35 heavy (non-hydrogen) atoms. The third-order valence-corrected chi connectivity index (χ3v) is 9.49. The lowest BCUT2D eigenvalue weighted by atomic mass is 10.2. The molecule has 0 bridgehead atoms. The molecular weight excluding hydrogens is 504 g/mol. The number of carbonyl (C=O) groups excluding carboxylic acids is 1. The summed E-state index contributed by atoms with van der Waals surface area (Å²) in [6.45, 7) is 9.82. The molecule has 0 saturated carbocycles. The Hall–Kier alpha value is -2.75. The monoisotopic (exact) mass is 530 g/mol. The van der Waals surface area contributed by atoms with Gasteiger partial charge in [0.1, 0.15) is 0 Å². The van der Waals surface area contributed by atoms with Gasteiger partial charge in [-0.2, -0.15) is 5.10 Å². The van der Waals surface area contributed by atoms with Gasteiger partial charge in [-0.25, -0.2) is 13.4 Å². The van der Waals surface area contributed by atoms with E-state index in [4.69, 9.17) is 16.6 Å². The van der Waals surface area contributed by atoms with E-state index < -0.39 is 15.1 Å². The average molecular weight is 531 g/mol. The Morgan fingerprint density at radius 1 is 1.14 bits per heavy atom. The fourth-order valence-corrected chi connectivity index (χ4v) is 6.12. The third-order valence-electron chi connectivity index (χ3n) is 5.88. The van der Waals surface area contributed by atoms with Crippen molar-refractivity contribution in [3.8, 4) is 0 Å². The summed E-state index contributed by atoms with van der Waals surface area (Å²) in [5, 5.41) is 5.05. The van der Waals surface area contributed by atoms with Gasteiger partial charge in [0.15, 0.2) is 15.0 Å². The first-order valence-electron chi connectivity index (χ1n) is 11.2. The molecule has 0 aliphatic carbocycles. The van der Waals surface area contributed by atoms with Crippen LogP contribution in [0.2, 0.25) is 5.02 Å². The number of anilines is 1. The molecular formula is C25H27ClN4O3S2. The molecule has 2 heterocycles. The van der Waals surface area contributed by atoms with Crippen LogP contribution in [-0.2, 0) is 16.4 Å². The Morgan fingerprint density at radius 3 is 2.54 bits per heavy atom. The van der Waals surface area contributed by atoms with Crippen molar-refractivity contribution in [1.82, 2.24) is 14.8 Å². The highest BCUT2D eigenvalue weighted by molar-refractivity contribution is 7.92. The molecule has 0 aliphatic rings. The molecule has 7 nitrogen and oxygen atoms in total. The van der Waals surface area contributed by atoms with Crippen molar-refractivity contribution >= 4 is 54.0 Å². The van der Waals surface area contributed by atoms with Crippen LogP contribution in [-0.4, -0.2) is 40.9 Å². The third kappa shape index (κ3) is 4.98. The number of thiazole rings is 1. The Labute approximate surface area is 214 Å². The topological polar surface area (TPSA) is 85.2 Å². The largest absolute Gasteiger partial charge is 0.282 e. The molecule has 0 aliphatic heterocycles. The number of aromatic nitrogens is 3. The molecule has 4 rings (SSSR count). The highest BCUT2D eigenvalue weighted by Gasteiger charge is 2.25. The molecule has 2 aromatic heterocycles. The van der Waals surface area contributed by atoms with Gasteiger partial charge in [-0.1, -0.05) is 29.0 Å². The fraction of sp³-hybridized carbons (Fsp3) is 0.320. The maximum absolute atomic E-state index is 13.8. The van der Waals surface area contributed by atoms with E-state index in [0.717, 1.165) is 27.2 Å². The highest BCUT2D eigenvalue weighted by Crippen LogP contribution is 2.34. The van der Waals surface area contributed by atoms with Gasteiger partial charge in [-0.05, 0) is 76.6 Å². The lowest BCUT2D eigenvalue weighted by Gasteiger charge is -2.21. The van der Waals surface area contributed by atoms with Crippen LogP contribution in [0.1, 0.15) is 41.2 Å². The fourth-order valence-electron chi connectivity index (χ4n) is 3.82. The van der Waals surface area contributed by atoms with Crippen LogP contribution in [0, 0.1) is 20.8 Å². The summed E-state index contributed by atoms with van der Waals surface area (Å²) < 4.78 is 28.2. The maximum atomic E-state index is 13.8. The zero-order chi connectivity index (χ0) is 25.5. The molecule has 2 aromatic carbocycles. The van der Waals surface area contributed by atoms with Crippen LogP contribution >= 0.6 is 22.9 Å². The van der Waals surface area contributed by atoms with Gasteiger partial charge in [-0.15, -0.1) is 0 Å². The summed E-state index contributed by atoms with van der Waals surface area (Å²) in [4.78, 5) is 20.2. The first kappa shape index (κ1) is 25.3. The lowest BCUT2D eigenvalue weighted by molar-refractivity contribution is 0.0985. The molecule has 0 saturated heterocycles. The van der Waals surface area contributed by atoms with E-state index in [0.29, 0.717) is 23.2 Å². The lowest BCUT2D eigenvalue weighted by Crippen LogP contribution is -2.34. The van der Waals surface area contributed by atoms with Gasteiger partial charge in [0.05, 0.1) is 32.6 Å². The molecule has 0 N–H and O–H groups in total. The van der Waals surface area contributed by atoms with E-state index in [1.54, 1.807) is 30.9 Å². The number of amides is 1. The SMILES string of the molecule is Cc1cc(C)n(CCN(C(=O)c2cccc(S(=O)(=O)C(C)C)c2)c2nc3c(C)c(Cl)ccc3s2)n1. The maximum Gasteiger partial charge on any atom is 0.260 e. The van der Waals surface area contributed by atoms with Crippen molar-refractivity contribution in [1.29, 1.82) is 0 Å². The Balaban J connectivity index is 1.76. The summed E-state index contributed by atoms with van der Waals surface area (Å²) in [6, 6.07) is 11.9. The van der Waals surface area contributed by atoms with Gasteiger partial charge >= 0.3 is 0 Å². The van der Waals surface area contributed by atoms with Crippen LogP contribution in [0.25, 0.3) is 10.2 Å². The van der Waals surface area contributed by atoms with E-state index in [-0.39, 0.29) is 16.4 Å². The Kier molecular flexibility index (Phi) is 7.04. The molecule has 4 aromatic rings. The summed E-state index contributed by atoms with van der Waals surface area (Å²) in [6.07, 6.45) is 0. The van der Waals surface area contributed by atoms with E-state index >= 15 is 0 Å². The minimum Gasteiger partial charge on any atom is -0.282 e. The molecule has 0 spiro atoms. The van der Waals surface area contributed by atoms with Crippen molar-refractivity contribution in [2.45, 2.75) is 51.3 Å². The minimum absolute atomic E-state index is 0.128. The number of rotatable bonds is 7. The van der Waals surface area contributed by atoms with Gasteiger partial charge in [0.2, 0.25) is 0 Å². The number of halogens is 1. The first-order valence-corrected chi connectivity index (χ1v) is 14.0. The number of carbonyl (C=O) groups is 1. The van der Waals surface area contributed by atoms with Crippen molar-refractivity contribution in [2.24, 2.45) is 0 Å². The molecule has 1 amide bonds. The summed E-state index contributed by atoms with van der Waals surface area (Å²) in [5.74, 6) is -0.324. The van der Waals surface area contributed by atoms with Gasteiger partial charge in [0.25, 0.3) is 5.91 Å². The van der Waals surface area contributed by atoms with Crippen molar-refractivity contribution in [3.63, 3.8) is 0 Å². The molecule has 0 radical (unpaired) electrons. The Morgan fingerprint density at radius 2 is 1.89 bits per heavy atom. The normalized spacial score (nSPS) is 12.0. The summed E-state index contributed by atoms with van der Waals surface area (Å²) in [7, 11) is -3.52. The second-order valence-electron chi connectivity index (χ2n) is 8.74. The van der Waals surface area contributed by atoms with Gasteiger partial charge in [0, 0.05) is 22.8 Å². The number of nitrogens with zero attached hydrogens (tertiary/aromatic N) is 4. The van der Waals surface area contributed by atoms with Crippen LogP contribution in [0.4, 0.5) is 5.13 Å². The predicted octanol–water partition coefficient (Wildman–Crippen LogP) is 5.60. The predicted molar refractivity (Wildman–Crippen MR) is 142 cm³/mol. The van der Waals surface area contributed by atoms with E-state index in [9.17, 15) is 13.2 Å². The number of benzene rings is 2. The standard InChI is InChI=1S/C25H27ClN4O3S2/c1-15(2)35(32,33)20-8-6-7-19(14-20)24(31)29(11-12-30-17(4)13-16(3)28-30)25-27-23-18(5)21(26)9-10-22(23)34-25/h6-10,13-15H,11-12H2,1-5H3. The van der Waals surface area contributed by atoms with Crippen LogP contribution in [0.15, 0.2) is 47.4 Å². The zero-order valence-electron chi connectivity index (χ0n) is 20.2. The summed E-state index contributed by atoms with van der Waals surface area (Å²) in [5.41, 5.74) is 3.78. The van der Waals surface area contributed by atoms with Crippen molar-refractivity contribution < 1.29 is 13.2 Å². The average Bonchev–Trinajstić information content (AvgIpc) is 3.39. The minimum atomic E-state index is -3.52. The number of hydrogen-bond acceptors (Lipinski definition) is 6.